The Kier molecular flexibility index (Phi) is 3.79. The number of hydrogen-bond donors (Lipinski definition) is 1. The Bertz CT molecular complexity index is 358. The summed E-state index contributed by atoms with van der Waals surface area (Å²) in [5.41, 5.74) is 6.50. The van der Waals surface area contributed by atoms with Gasteiger partial charge in [0.15, 0.2) is 0 Å². The Balaban J connectivity index is 1.93. The molecule has 1 atom stereocenters. The smallest absolute Gasteiger partial charge is 0.231 e. The van der Waals surface area contributed by atoms with Crippen molar-refractivity contribution in [3.63, 3.8) is 0 Å². The van der Waals surface area contributed by atoms with Gasteiger partial charge < -0.3 is 5.73 Å². The average molecular weight is 237 g/mol. The normalized spacial score (nSPS) is 21.9. The highest BCUT2D eigenvalue weighted by Crippen LogP contribution is 2.19. The Morgan fingerprint density at radius 2 is 2.56 bits per heavy atom. The molecule has 0 spiro atoms. The highest BCUT2D eigenvalue weighted by molar-refractivity contribution is 8.00. The summed E-state index contributed by atoms with van der Waals surface area (Å²) >= 11 is 1.65. The van der Waals surface area contributed by atoms with E-state index in [4.69, 9.17) is 5.73 Å². The molecule has 2 heterocycles. The first-order chi connectivity index (χ1) is 7.75. The van der Waals surface area contributed by atoms with Crippen LogP contribution in [-0.2, 0) is 11.3 Å². The van der Waals surface area contributed by atoms with Gasteiger partial charge in [0.2, 0.25) is 5.91 Å². The van der Waals surface area contributed by atoms with Crippen molar-refractivity contribution < 1.29 is 4.79 Å². The van der Waals surface area contributed by atoms with Gasteiger partial charge in [-0.05, 0) is 11.6 Å². The standard InChI is InChI=1S/C11H15N3OS/c12-11(15)10-8-14(4-5-16-10)7-9-2-1-3-13-6-9/h1-3,6,10H,4-5,7-8H2,(H2,12,15). The van der Waals surface area contributed by atoms with Crippen LogP contribution in [0.4, 0.5) is 0 Å². The van der Waals surface area contributed by atoms with E-state index in [0.717, 1.165) is 25.4 Å². The van der Waals surface area contributed by atoms with E-state index in [9.17, 15) is 4.79 Å². The van der Waals surface area contributed by atoms with E-state index in [1.807, 2.05) is 18.3 Å². The fourth-order valence-corrected chi connectivity index (χ4v) is 2.90. The van der Waals surface area contributed by atoms with E-state index in [2.05, 4.69) is 9.88 Å². The third-order valence-corrected chi connectivity index (χ3v) is 3.80. The molecule has 1 aromatic rings. The van der Waals surface area contributed by atoms with Gasteiger partial charge in [-0.1, -0.05) is 6.07 Å². The maximum atomic E-state index is 11.1. The first-order valence-corrected chi connectivity index (χ1v) is 6.33. The molecule has 0 radical (unpaired) electrons. The molecular weight excluding hydrogens is 222 g/mol. The topological polar surface area (TPSA) is 59.2 Å². The monoisotopic (exact) mass is 237 g/mol. The molecule has 1 fully saturated rings. The van der Waals surface area contributed by atoms with E-state index in [1.165, 1.54) is 5.56 Å². The molecule has 1 amide bonds. The van der Waals surface area contributed by atoms with Crippen LogP contribution in [0, 0.1) is 0 Å². The predicted octanol–water partition coefficient (Wildman–Crippen LogP) is 0.484. The zero-order chi connectivity index (χ0) is 11.4. The van der Waals surface area contributed by atoms with Crippen LogP contribution in [0.3, 0.4) is 0 Å². The van der Waals surface area contributed by atoms with Gasteiger partial charge >= 0.3 is 0 Å². The number of primary amides is 1. The quantitative estimate of drug-likeness (QED) is 0.831. The van der Waals surface area contributed by atoms with Gasteiger partial charge in [-0.25, -0.2) is 0 Å². The molecule has 1 aliphatic heterocycles. The van der Waals surface area contributed by atoms with Gasteiger partial charge in [0.1, 0.15) is 0 Å². The van der Waals surface area contributed by atoms with Gasteiger partial charge in [-0.2, -0.15) is 0 Å². The van der Waals surface area contributed by atoms with Gasteiger partial charge in [0, 0.05) is 37.8 Å². The van der Waals surface area contributed by atoms with E-state index < -0.39 is 0 Å². The second-order valence-electron chi connectivity index (χ2n) is 3.86. The molecule has 0 aliphatic carbocycles. The lowest BCUT2D eigenvalue weighted by molar-refractivity contribution is -0.117. The first-order valence-electron chi connectivity index (χ1n) is 5.28. The molecule has 0 saturated carbocycles. The number of amides is 1. The summed E-state index contributed by atoms with van der Waals surface area (Å²) in [6.07, 6.45) is 3.63. The van der Waals surface area contributed by atoms with Crippen LogP contribution in [-0.4, -0.2) is 39.9 Å². The number of nitrogens with zero attached hydrogens (tertiary/aromatic N) is 2. The molecule has 4 nitrogen and oxygen atoms in total. The molecule has 1 aliphatic rings. The summed E-state index contributed by atoms with van der Waals surface area (Å²) in [7, 11) is 0. The predicted molar refractivity (Wildman–Crippen MR) is 65.0 cm³/mol. The number of pyridine rings is 1. The largest absolute Gasteiger partial charge is 0.369 e. The van der Waals surface area contributed by atoms with Crippen LogP contribution >= 0.6 is 11.8 Å². The molecule has 2 rings (SSSR count). The van der Waals surface area contributed by atoms with Crippen molar-refractivity contribution in [2.75, 3.05) is 18.8 Å². The van der Waals surface area contributed by atoms with Crippen molar-refractivity contribution in [2.45, 2.75) is 11.8 Å². The zero-order valence-electron chi connectivity index (χ0n) is 9.00. The Labute approximate surface area is 99.2 Å². The van der Waals surface area contributed by atoms with E-state index in [0.29, 0.717) is 0 Å². The molecule has 2 N–H and O–H groups in total. The summed E-state index contributed by atoms with van der Waals surface area (Å²) in [5.74, 6) is 0.759. The second-order valence-corrected chi connectivity index (χ2v) is 5.17. The maximum absolute atomic E-state index is 11.1. The summed E-state index contributed by atoms with van der Waals surface area (Å²) in [6, 6.07) is 3.98. The lowest BCUT2D eigenvalue weighted by Gasteiger charge is -2.30. The number of carbonyl (C=O) groups excluding carboxylic acids is 1. The van der Waals surface area contributed by atoms with Crippen molar-refractivity contribution in [3.8, 4) is 0 Å². The first kappa shape index (κ1) is 11.4. The van der Waals surface area contributed by atoms with Gasteiger partial charge in [0.25, 0.3) is 0 Å². The second kappa shape index (κ2) is 5.32. The minimum Gasteiger partial charge on any atom is -0.369 e. The summed E-state index contributed by atoms with van der Waals surface area (Å²) in [6.45, 7) is 2.59. The van der Waals surface area contributed by atoms with Crippen LogP contribution in [0.1, 0.15) is 5.56 Å². The van der Waals surface area contributed by atoms with Gasteiger partial charge in [-0.3, -0.25) is 14.7 Å². The lowest BCUT2D eigenvalue weighted by atomic mass is 10.2. The van der Waals surface area contributed by atoms with Crippen molar-refractivity contribution >= 4 is 17.7 Å². The number of hydrogen-bond acceptors (Lipinski definition) is 4. The van der Waals surface area contributed by atoms with Gasteiger partial charge in [-0.15, -0.1) is 11.8 Å². The molecule has 0 bridgehead atoms. The van der Waals surface area contributed by atoms with Crippen molar-refractivity contribution in [1.82, 2.24) is 9.88 Å². The van der Waals surface area contributed by atoms with Crippen LogP contribution in [0.5, 0.6) is 0 Å². The highest BCUT2D eigenvalue weighted by Gasteiger charge is 2.24. The molecule has 5 heteroatoms. The molecule has 1 unspecified atom stereocenters. The Hall–Kier alpha value is -1.07. The van der Waals surface area contributed by atoms with Crippen molar-refractivity contribution in [1.29, 1.82) is 0 Å². The molecule has 0 aromatic carbocycles. The Morgan fingerprint density at radius 3 is 3.25 bits per heavy atom. The molecule has 1 aromatic heterocycles. The molecular formula is C11H15N3OS. The lowest BCUT2D eigenvalue weighted by Crippen LogP contribution is -2.43. The summed E-state index contributed by atoms with van der Waals surface area (Å²) in [5, 5.41) is -0.0644. The van der Waals surface area contributed by atoms with Crippen LogP contribution in [0.25, 0.3) is 0 Å². The SMILES string of the molecule is NC(=O)C1CN(Cc2cccnc2)CCS1. The number of carbonyl (C=O) groups is 1. The van der Waals surface area contributed by atoms with Crippen LogP contribution in [0.15, 0.2) is 24.5 Å². The minimum absolute atomic E-state index is 0.0644. The van der Waals surface area contributed by atoms with Crippen LogP contribution < -0.4 is 5.73 Å². The van der Waals surface area contributed by atoms with E-state index in [-0.39, 0.29) is 11.2 Å². The average Bonchev–Trinajstić information content (AvgIpc) is 2.30. The molecule has 86 valence electrons. The van der Waals surface area contributed by atoms with E-state index in [1.54, 1.807) is 18.0 Å². The molecule has 16 heavy (non-hydrogen) atoms. The third kappa shape index (κ3) is 2.96. The fraction of sp³-hybridized carbons (Fsp3) is 0.455. The third-order valence-electron chi connectivity index (χ3n) is 2.60. The van der Waals surface area contributed by atoms with E-state index >= 15 is 0 Å². The van der Waals surface area contributed by atoms with Gasteiger partial charge in [0.05, 0.1) is 5.25 Å². The fourth-order valence-electron chi connectivity index (χ4n) is 1.77. The maximum Gasteiger partial charge on any atom is 0.231 e. The minimum atomic E-state index is -0.208. The van der Waals surface area contributed by atoms with Crippen molar-refractivity contribution in [3.05, 3.63) is 30.1 Å². The van der Waals surface area contributed by atoms with Crippen molar-refractivity contribution in [2.24, 2.45) is 5.73 Å². The number of aromatic nitrogens is 1. The highest BCUT2D eigenvalue weighted by atomic mass is 32.2. The molecule has 1 saturated heterocycles. The summed E-state index contributed by atoms with van der Waals surface area (Å²) in [4.78, 5) is 17.4. The number of nitrogens with two attached hydrogens (primary N) is 1. The van der Waals surface area contributed by atoms with Crippen LogP contribution in [0.2, 0.25) is 0 Å². The number of rotatable bonds is 3. The summed E-state index contributed by atoms with van der Waals surface area (Å²) < 4.78 is 0. The zero-order valence-corrected chi connectivity index (χ0v) is 9.82. The Morgan fingerprint density at radius 1 is 1.69 bits per heavy atom. The number of thioether (sulfide) groups is 1.